The number of hydrogen-bond donors (Lipinski definition) is 0. The Labute approximate surface area is 157 Å². The summed E-state index contributed by atoms with van der Waals surface area (Å²) in [7, 11) is -2.00. The van der Waals surface area contributed by atoms with Gasteiger partial charge in [0.05, 0.1) is 5.60 Å². The molecule has 0 amide bonds. The molecule has 1 aromatic rings. The van der Waals surface area contributed by atoms with Gasteiger partial charge in [-0.15, -0.1) is 6.58 Å². The SMILES string of the molecule is C=CCC[Si]1(c2ccccc2)CCC(C(C)C)C(C(C)C)(C(C)C)O1. The van der Waals surface area contributed by atoms with Gasteiger partial charge in [-0.05, 0) is 53.8 Å². The molecule has 1 aromatic carbocycles. The third-order valence-electron chi connectivity index (χ3n) is 6.47. The van der Waals surface area contributed by atoms with Gasteiger partial charge in [-0.1, -0.05) is 78.0 Å². The first-order valence-electron chi connectivity index (χ1n) is 10.2. The average molecular weight is 359 g/mol. The standard InChI is InChI=1S/C23H38OSi/c1-8-9-16-25(21-13-11-10-12-14-21)17-15-22(18(2)3)23(24-25,19(4)5)20(6)7/h8,10-14,18-20,22H,1,9,15-17H2,2-7H3. The van der Waals surface area contributed by atoms with Gasteiger partial charge in [-0.3, -0.25) is 0 Å². The lowest BCUT2D eigenvalue weighted by Gasteiger charge is -2.58. The third kappa shape index (κ3) is 3.80. The monoisotopic (exact) mass is 358 g/mol. The van der Waals surface area contributed by atoms with Crippen LogP contribution >= 0.6 is 0 Å². The van der Waals surface area contributed by atoms with E-state index in [1.165, 1.54) is 17.7 Å². The molecular formula is C23H38OSi. The number of hydrogen-bond acceptors (Lipinski definition) is 1. The molecule has 1 saturated heterocycles. The fourth-order valence-electron chi connectivity index (χ4n) is 5.29. The Morgan fingerprint density at radius 2 is 1.72 bits per heavy atom. The van der Waals surface area contributed by atoms with Crippen molar-refractivity contribution in [3.8, 4) is 0 Å². The minimum Gasteiger partial charge on any atom is -0.406 e. The normalized spacial score (nSPS) is 26.4. The van der Waals surface area contributed by atoms with E-state index in [-0.39, 0.29) is 5.60 Å². The Hall–Kier alpha value is -0.863. The summed E-state index contributed by atoms with van der Waals surface area (Å²) in [6, 6.07) is 13.5. The molecule has 0 saturated carbocycles. The average Bonchev–Trinajstić information content (AvgIpc) is 2.59. The van der Waals surface area contributed by atoms with Crippen molar-refractivity contribution in [3.63, 3.8) is 0 Å². The van der Waals surface area contributed by atoms with E-state index < -0.39 is 8.32 Å². The van der Waals surface area contributed by atoms with E-state index in [1.54, 1.807) is 0 Å². The fraction of sp³-hybridized carbons (Fsp3) is 0.652. The van der Waals surface area contributed by atoms with Crippen LogP contribution in [0.3, 0.4) is 0 Å². The second-order valence-electron chi connectivity index (χ2n) is 8.84. The predicted molar refractivity (Wildman–Crippen MR) is 113 cm³/mol. The Balaban J connectivity index is 2.54. The summed E-state index contributed by atoms with van der Waals surface area (Å²) in [5.74, 6) is 2.35. The molecule has 25 heavy (non-hydrogen) atoms. The smallest absolute Gasteiger partial charge is 0.225 e. The van der Waals surface area contributed by atoms with Crippen LogP contribution in [0.25, 0.3) is 0 Å². The summed E-state index contributed by atoms with van der Waals surface area (Å²) in [4.78, 5) is 0. The second-order valence-corrected chi connectivity index (χ2v) is 12.6. The molecule has 0 radical (unpaired) electrons. The van der Waals surface area contributed by atoms with Gasteiger partial charge < -0.3 is 4.43 Å². The van der Waals surface area contributed by atoms with Crippen LogP contribution in [0.15, 0.2) is 43.0 Å². The van der Waals surface area contributed by atoms with E-state index in [0.29, 0.717) is 23.7 Å². The Morgan fingerprint density at radius 1 is 1.12 bits per heavy atom. The first-order chi connectivity index (χ1) is 11.8. The molecule has 1 heterocycles. The molecule has 1 aliphatic heterocycles. The molecule has 2 unspecified atom stereocenters. The second kappa shape index (κ2) is 8.22. The maximum atomic E-state index is 7.44. The predicted octanol–water partition coefficient (Wildman–Crippen LogP) is 6.16. The van der Waals surface area contributed by atoms with Crippen molar-refractivity contribution in [1.82, 2.24) is 0 Å². The topological polar surface area (TPSA) is 9.23 Å². The highest BCUT2D eigenvalue weighted by molar-refractivity contribution is 6.86. The Bertz CT molecular complexity index is 540. The van der Waals surface area contributed by atoms with Crippen molar-refractivity contribution in [2.45, 2.75) is 72.1 Å². The van der Waals surface area contributed by atoms with Crippen molar-refractivity contribution in [3.05, 3.63) is 43.0 Å². The molecule has 140 valence electrons. The third-order valence-corrected chi connectivity index (χ3v) is 10.8. The number of benzene rings is 1. The van der Waals surface area contributed by atoms with Crippen LogP contribution < -0.4 is 5.19 Å². The summed E-state index contributed by atoms with van der Waals surface area (Å²) < 4.78 is 7.44. The maximum Gasteiger partial charge on any atom is 0.225 e. The zero-order valence-corrected chi connectivity index (χ0v) is 18.2. The quantitative estimate of drug-likeness (QED) is 0.419. The van der Waals surface area contributed by atoms with E-state index in [0.717, 1.165) is 12.5 Å². The van der Waals surface area contributed by atoms with Crippen molar-refractivity contribution < 1.29 is 4.43 Å². The van der Waals surface area contributed by atoms with Gasteiger partial charge in [-0.2, -0.15) is 0 Å². The first kappa shape index (κ1) is 20.4. The van der Waals surface area contributed by atoms with Crippen molar-refractivity contribution in [1.29, 1.82) is 0 Å². The molecule has 0 aliphatic carbocycles. The van der Waals surface area contributed by atoms with Gasteiger partial charge in [0.15, 0.2) is 0 Å². The minimum absolute atomic E-state index is 0.0182. The zero-order valence-electron chi connectivity index (χ0n) is 17.2. The lowest BCUT2D eigenvalue weighted by molar-refractivity contribution is -0.108. The number of allylic oxidation sites excluding steroid dienone is 1. The van der Waals surface area contributed by atoms with Crippen molar-refractivity contribution >= 4 is 13.5 Å². The fourth-order valence-corrected chi connectivity index (χ4v) is 9.99. The highest BCUT2D eigenvalue weighted by atomic mass is 28.4. The number of rotatable bonds is 7. The van der Waals surface area contributed by atoms with Crippen molar-refractivity contribution in [2.75, 3.05) is 0 Å². The lowest BCUT2D eigenvalue weighted by atomic mass is 9.66. The van der Waals surface area contributed by atoms with Crippen molar-refractivity contribution in [2.24, 2.45) is 23.7 Å². The molecule has 1 aliphatic rings. The van der Waals surface area contributed by atoms with Gasteiger partial charge in [-0.25, -0.2) is 0 Å². The van der Waals surface area contributed by atoms with Gasteiger partial charge in [0, 0.05) is 0 Å². The van der Waals surface area contributed by atoms with Gasteiger partial charge >= 0.3 is 0 Å². The highest BCUT2D eigenvalue weighted by Crippen LogP contribution is 2.50. The van der Waals surface area contributed by atoms with Crippen LogP contribution in [-0.2, 0) is 4.43 Å². The summed E-state index contributed by atoms with van der Waals surface area (Å²) in [6.45, 7) is 18.2. The van der Waals surface area contributed by atoms with E-state index in [4.69, 9.17) is 4.43 Å². The molecule has 0 aromatic heterocycles. The van der Waals surface area contributed by atoms with Gasteiger partial charge in [0.1, 0.15) is 0 Å². The molecule has 0 bridgehead atoms. The van der Waals surface area contributed by atoms with Crippen LogP contribution in [0.2, 0.25) is 12.1 Å². The van der Waals surface area contributed by atoms with Gasteiger partial charge in [0.25, 0.3) is 0 Å². The summed E-state index contributed by atoms with van der Waals surface area (Å²) >= 11 is 0. The largest absolute Gasteiger partial charge is 0.406 e. The minimum atomic E-state index is -2.00. The molecule has 2 atom stereocenters. The van der Waals surface area contributed by atoms with Crippen LogP contribution in [0.1, 0.15) is 54.4 Å². The molecular weight excluding hydrogens is 320 g/mol. The van der Waals surface area contributed by atoms with E-state index in [2.05, 4.69) is 84.5 Å². The molecule has 1 fully saturated rings. The summed E-state index contributed by atoms with van der Waals surface area (Å²) in [5.41, 5.74) is -0.0182. The zero-order chi connectivity index (χ0) is 18.7. The summed E-state index contributed by atoms with van der Waals surface area (Å²) in [6.07, 6.45) is 4.42. The van der Waals surface area contributed by atoms with E-state index in [1.807, 2.05) is 0 Å². The first-order valence-corrected chi connectivity index (χ1v) is 12.5. The molecule has 0 N–H and O–H groups in total. The highest BCUT2D eigenvalue weighted by Gasteiger charge is 2.56. The molecule has 2 rings (SSSR count). The Kier molecular flexibility index (Phi) is 6.72. The van der Waals surface area contributed by atoms with Crippen LogP contribution in [-0.4, -0.2) is 13.9 Å². The molecule has 0 spiro atoms. The van der Waals surface area contributed by atoms with Crippen LogP contribution in [0, 0.1) is 23.7 Å². The van der Waals surface area contributed by atoms with Crippen LogP contribution in [0.5, 0.6) is 0 Å². The van der Waals surface area contributed by atoms with E-state index >= 15 is 0 Å². The van der Waals surface area contributed by atoms with Gasteiger partial charge in [0.2, 0.25) is 8.32 Å². The maximum absolute atomic E-state index is 7.44. The van der Waals surface area contributed by atoms with E-state index in [9.17, 15) is 0 Å². The van der Waals surface area contributed by atoms with Crippen LogP contribution in [0.4, 0.5) is 0 Å². The Morgan fingerprint density at radius 3 is 2.20 bits per heavy atom. The summed E-state index contributed by atoms with van der Waals surface area (Å²) in [5, 5.41) is 1.48. The lowest BCUT2D eigenvalue weighted by Crippen LogP contribution is -2.66. The molecule has 1 nitrogen and oxygen atoms in total. The molecule has 2 heteroatoms.